The fraction of sp³-hybridized carbons (Fsp3) is 0.350. The molecule has 1 unspecified atom stereocenters. The smallest absolute Gasteiger partial charge is 0.256 e. The van der Waals surface area contributed by atoms with Crippen molar-refractivity contribution in [3.63, 3.8) is 0 Å². The number of para-hydroxylation sites is 1. The van der Waals surface area contributed by atoms with Crippen LogP contribution in [0.4, 0.5) is 5.69 Å². The number of methoxy groups -OCH3 is 1. The first kappa shape index (κ1) is 20.3. The largest absolute Gasteiger partial charge is 0.497 e. The van der Waals surface area contributed by atoms with Crippen LogP contribution < -0.4 is 15.0 Å². The third-order valence-electron chi connectivity index (χ3n) is 4.39. The third kappa shape index (κ3) is 4.78. The monoisotopic (exact) mass is 374 g/mol. The number of hydrogen-bond donors (Lipinski definition) is 3. The van der Waals surface area contributed by atoms with E-state index in [-0.39, 0.29) is 11.8 Å². The molecule has 5 nitrogen and oxygen atoms in total. The SMILES string of the molecule is CNCCN(C(=O)[C@@H](O)C(C)c1ccc(OC)cc1)c1ccccc1S. The van der Waals surface area contributed by atoms with E-state index in [0.29, 0.717) is 23.7 Å². The molecule has 2 aromatic rings. The van der Waals surface area contributed by atoms with Crippen molar-refractivity contribution >= 4 is 24.2 Å². The lowest BCUT2D eigenvalue weighted by Crippen LogP contribution is -2.44. The van der Waals surface area contributed by atoms with Crippen molar-refractivity contribution in [2.45, 2.75) is 23.8 Å². The second kappa shape index (κ2) is 9.62. The van der Waals surface area contributed by atoms with E-state index in [1.54, 1.807) is 12.0 Å². The molecule has 1 amide bonds. The second-order valence-corrected chi connectivity index (χ2v) is 6.57. The predicted octanol–water partition coefficient (Wildman–Crippen LogP) is 2.70. The van der Waals surface area contributed by atoms with E-state index in [1.807, 2.05) is 62.5 Å². The standard InChI is InChI=1S/C20H26N2O3S/c1-14(15-8-10-16(25-3)11-9-15)19(23)20(24)22(13-12-21-2)17-6-4-5-7-18(17)26/h4-11,14,19,21,23,26H,12-13H2,1-3H3/t14?,19-/m0/s1. The van der Waals surface area contributed by atoms with Crippen LogP contribution in [0.25, 0.3) is 0 Å². The number of carbonyl (C=O) groups excluding carboxylic acids is 1. The quantitative estimate of drug-likeness (QED) is 0.622. The average molecular weight is 375 g/mol. The molecule has 0 spiro atoms. The topological polar surface area (TPSA) is 61.8 Å². The van der Waals surface area contributed by atoms with Crippen LogP contribution >= 0.6 is 12.6 Å². The number of nitrogens with one attached hydrogen (secondary N) is 1. The molecule has 2 rings (SSSR count). The van der Waals surface area contributed by atoms with Crippen LogP contribution in [-0.2, 0) is 4.79 Å². The Morgan fingerprint density at radius 1 is 1.23 bits per heavy atom. The number of aliphatic hydroxyl groups excluding tert-OH is 1. The summed E-state index contributed by atoms with van der Waals surface area (Å²) in [5.74, 6) is 0.0454. The molecule has 0 aliphatic heterocycles. The summed E-state index contributed by atoms with van der Waals surface area (Å²) in [6.45, 7) is 2.89. The number of likely N-dealkylation sites (N-methyl/N-ethyl adjacent to an activating group) is 1. The van der Waals surface area contributed by atoms with Crippen LogP contribution in [0.15, 0.2) is 53.4 Å². The molecule has 0 fully saturated rings. The number of benzene rings is 2. The molecule has 26 heavy (non-hydrogen) atoms. The number of aliphatic hydroxyl groups is 1. The number of thiol groups is 1. The van der Waals surface area contributed by atoms with Crippen molar-refractivity contribution in [3.05, 3.63) is 54.1 Å². The van der Waals surface area contributed by atoms with Gasteiger partial charge in [0.15, 0.2) is 0 Å². The number of anilines is 1. The van der Waals surface area contributed by atoms with Gasteiger partial charge in [0, 0.05) is 23.9 Å². The van der Waals surface area contributed by atoms with E-state index in [1.165, 1.54) is 0 Å². The van der Waals surface area contributed by atoms with E-state index in [0.717, 1.165) is 11.3 Å². The lowest BCUT2D eigenvalue weighted by atomic mass is 9.94. The predicted molar refractivity (Wildman–Crippen MR) is 107 cm³/mol. The number of nitrogens with zero attached hydrogens (tertiary/aromatic N) is 1. The summed E-state index contributed by atoms with van der Waals surface area (Å²) in [6.07, 6.45) is -1.16. The van der Waals surface area contributed by atoms with E-state index < -0.39 is 6.10 Å². The molecule has 2 aromatic carbocycles. The van der Waals surface area contributed by atoms with Gasteiger partial charge >= 0.3 is 0 Å². The Kier molecular flexibility index (Phi) is 7.50. The summed E-state index contributed by atoms with van der Waals surface area (Å²) in [4.78, 5) is 15.3. The van der Waals surface area contributed by atoms with Crippen molar-refractivity contribution in [1.29, 1.82) is 0 Å². The first-order valence-electron chi connectivity index (χ1n) is 8.55. The highest BCUT2D eigenvalue weighted by molar-refractivity contribution is 7.80. The van der Waals surface area contributed by atoms with Crippen molar-refractivity contribution < 1.29 is 14.6 Å². The van der Waals surface area contributed by atoms with Crippen LogP contribution in [0, 0.1) is 0 Å². The van der Waals surface area contributed by atoms with E-state index in [2.05, 4.69) is 17.9 Å². The van der Waals surface area contributed by atoms with E-state index in [9.17, 15) is 9.90 Å². The highest BCUT2D eigenvalue weighted by Gasteiger charge is 2.29. The Morgan fingerprint density at radius 2 is 1.88 bits per heavy atom. The summed E-state index contributed by atoms with van der Waals surface area (Å²) < 4.78 is 5.16. The van der Waals surface area contributed by atoms with Gasteiger partial charge in [0.05, 0.1) is 12.8 Å². The lowest BCUT2D eigenvalue weighted by molar-refractivity contribution is -0.127. The molecule has 6 heteroatoms. The molecule has 0 bridgehead atoms. The van der Waals surface area contributed by atoms with E-state index >= 15 is 0 Å². The second-order valence-electron chi connectivity index (χ2n) is 6.09. The van der Waals surface area contributed by atoms with Gasteiger partial charge in [-0.05, 0) is 36.9 Å². The number of rotatable bonds is 8. The van der Waals surface area contributed by atoms with Gasteiger partial charge in [0.1, 0.15) is 11.9 Å². The minimum Gasteiger partial charge on any atom is -0.497 e. The Hall–Kier alpha value is -2.02. The van der Waals surface area contributed by atoms with Gasteiger partial charge in [-0.3, -0.25) is 4.79 Å². The maximum absolute atomic E-state index is 13.0. The summed E-state index contributed by atoms with van der Waals surface area (Å²) in [7, 11) is 3.43. The third-order valence-corrected chi connectivity index (χ3v) is 4.77. The minimum atomic E-state index is -1.16. The van der Waals surface area contributed by atoms with Gasteiger partial charge in [0.25, 0.3) is 5.91 Å². The molecular formula is C20H26N2O3S. The van der Waals surface area contributed by atoms with Gasteiger partial charge < -0.3 is 20.1 Å². The molecule has 0 saturated carbocycles. The molecule has 2 N–H and O–H groups in total. The molecule has 2 atom stereocenters. The maximum atomic E-state index is 13.0. The maximum Gasteiger partial charge on any atom is 0.256 e. The van der Waals surface area contributed by atoms with Gasteiger partial charge in [-0.1, -0.05) is 31.2 Å². The highest BCUT2D eigenvalue weighted by atomic mass is 32.1. The summed E-state index contributed by atoms with van der Waals surface area (Å²) in [5.41, 5.74) is 1.57. The summed E-state index contributed by atoms with van der Waals surface area (Å²) in [6, 6.07) is 14.8. The lowest BCUT2D eigenvalue weighted by Gasteiger charge is -2.29. The van der Waals surface area contributed by atoms with Crippen molar-refractivity contribution in [1.82, 2.24) is 5.32 Å². The van der Waals surface area contributed by atoms with Gasteiger partial charge in [0.2, 0.25) is 0 Å². The zero-order valence-electron chi connectivity index (χ0n) is 15.3. The van der Waals surface area contributed by atoms with Crippen molar-refractivity contribution in [2.24, 2.45) is 0 Å². The fourth-order valence-electron chi connectivity index (χ4n) is 2.73. The molecule has 140 valence electrons. The van der Waals surface area contributed by atoms with Gasteiger partial charge in [-0.15, -0.1) is 12.6 Å². The first-order chi connectivity index (χ1) is 12.5. The number of hydrogen-bond acceptors (Lipinski definition) is 5. The average Bonchev–Trinajstić information content (AvgIpc) is 2.68. The van der Waals surface area contributed by atoms with Crippen molar-refractivity contribution in [2.75, 3.05) is 32.1 Å². The zero-order valence-corrected chi connectivity index (χ0v) is 16.2. The van der Waals surface area contributed by atoms with Crippen LogP contribution in [0.1, 0.15) is 18.4 Å². The Morgan fingerprint density at radius 3 is 2.46 bits per heavy atom. The zero-order chi connectivity index (χ0) is 19.1. The van der Waals surface area contributed by atoms with Gasteiger partial charge in [-0.2, -0.15) is 0 Å². The minimum absolute atomic E-state index is 0.343. The molecular weight excluding hydrogens is 348 g/mol. The van der Waals surface area contributed by atoms with Crippen LogP contribution in [0.2, 0.25) is 0 Å². The Balaban J connectivity index is 2.24. The van der Waals surface area contributed by atoms with Gasteiger partial charge in [-0.25, -0.2) is 0 Å². The molecule has 0 aromatic heterocycles. The fourth-order valence-corrected chi connectivity index (χ4v) is 3.01. The van der Waals surface area contributed by atoms with Crippen LogP contribution in [-0.4, -0.2) is 44.4 Å². The van der Waals surface area contributed by atoms with Crippen LogP contribution in [0.5, 0.6) is 5.75 Å². The number of ether oxygens (including phenoxy) is 1. The normalized spacial score (nSPS) is 13.1. The molecule has 0 radical (unpaired) electrons. The Bertz CT molecular complexity index is 721. The molecule has 0 aliphatic carbocycles. The van der Waals surface area contributed by atoms with Crippen molar-refractivity contribution in [3.8, 4) is 5.75 Å². The molecule has 0 heterocycles. The first-order valence-corrected chi connectivity index (χ1v) is 9.00. The molecule has 0 aliphatic rings. The van der Waals surface area contributed by atoms with Crippen LogP contribution in [0.3, 0.4) is 0 Å². The Labute approximate surface area is 160 Å². The summed E-state index contributed by atoms with van der Waals surface area (Å²) >= 11 is 4.46. The molecule has 0 saturated heterocycles. The highest BCUT2D eigenvalue weighted by Crippen LogP contribution is 2.28. The van der Waals surface area contributed by atoms with E-state index in [4.69, 9.17) is 4.74 Å². The number of carbonyl (C=O) groups is 1. The number of amides is 1. The summed E-state index contributed by atoms with van der Waals surface area (Å²) in [5, 5.41) is 13.8.